The van der Waals surface area contributed by atoms with Gasteiger partial charge < -0.3 is 66.2 Å². The number of carbonyl (C=O) groups is 3. The monoisotopic (exact) mass is 2260 g/mol. The van der Waals surface area contributed by atoms with Gasteiger partial charge >= 0.3 is 150 Å². The van der Waals surface area contributed by atoms with Crippen LogP contribution in [0, 0.1) is 53.0 Å². The Bertz CT molecular complexity index is 5860. The van der Waals surface area contributed by atoms with Gasteiger partial charge in [0.25, 0.3) is 6.47 Å². The molecule has 0 fully saturated rings. The van der Waals surface area contributed by atoms with E-state index in [2.05, 4.69) is 125 Å². The number of hydrogen-bond donors (Lipinski definition) is 5. The molecule has 9 rings (SSSR count). The first-order chi connectivity index (χ1) is 62.3. The van der Waals surface area contributed by atoms with E-state index < -0.39 is 138 Å². The zero-order valence-electron chi connectivity index (χ0n) is 80.0. The Morgan fingerprint density at radius 3 is 1.10 bits per heavy atom. The summed E-state index contributed by atoms with van der Waals surface area (Å²) < 4.78 is 205. The van der Waals surface area contributed by atoms with E-state index in [1.165, 1.54) is 96.9 Å². The van der Waals surface area contributed by atoms with Gasteiger partial charge in [-0.2, -0.15) is 0 Å². The van der Waals surface area contributed by atoms with Crippen LogP contribution >= 0.6 is 11.6 Å². The standard InChI is InChI=1S/C32H43F2N5O7SSi.C28H38ClF2N5O5SSi.C21H21F2N5O4S.C4H6O2.CH2O3.2Cs.H/c1-31(2,3)46-30(41)39(22-44-15-16-48(6,7)8)29-37-32(4,21-47(42,43)38(29)5)24-17-23(11-12-25(24)33)18-26(34)27-19-36-28(20-35-27)45-14-10-9-13-40;1-27(2,3)41-26(37)36(18-40-11-12-43(6,7)8)25-34-28(4,17-42(38,39)35(25)5)20-13-19(9-10-21(20)30)14-22(31)23-15-33-24(29)16-32-23;1-21(13-33(30,31)28(2)20(24)27-21)15-9-14(5-6-16(15)22)10-17(23)18-11-26-19(12-25-18)32-8-4-3-7-29;5-3-1-2-4-6;2-1-4-3;;;/h11-12,17-20,40H,13-16,21-22H2,1-8H3;9-10,13-16H,11-12,17-18H2,1-8H3;5-6,9-12,29H,7-8,13H2,1-2H3,(H2,24,27);5-6H,3-4H2;1,3H;;;/q;;;;;2*+1;-1/p-1/b26-18-;22-14-;17-10-;;;;;/t32-;28-;21-;;;;;/m000...../s1. The number of carbonyl (C=O) groups excluding carboxylic acids is 3. The average Bonchev–Trinajstić information content (AvgIpc) is 0.752. The maximum atomic E-state index is 15.5. The van der Waals surface area contributed by atoms with Crippen molar-refractivity contribution in [2.75, 3.05) is 105 Å². The molecule has 0 unspecified atom stereocenters. The van der Waals surface area contributed by atoms with Crippen molar-refractivity contribution in [2.24, 2.45) is 20.7 Å². The van der Waals surface area contributed by atoms with E-state index in [-0.39, 0.29) is 284 Å². The number of amides is 2. The Labute approximate surface area is 914 Å². The van der Waals surface area contributed by atoms with Gasteiger partial charge in [0.05, 0.1) is 54.4 Å². The number of rotatable bonds is 24. The summed E-state index contributed by atoms with van der Waals surface area (Å²) in [5.74, 6) is 7.45. The summed E-state index contributed by atoms with van der Waals surface area (Å²) in [4.78, 5) is 76.9. The maximum Gasteiger partial charge on any atom is 1.00 e. The van der Waals surface area contributed by atoms with E-state index in [9.17, 15) is 48.0 Å². The Morgan fingerprint density at radius 1 is 0.522 bits per heavy atom. The van der Waals surface area contributed by atoms with Crippen molar-refractivity contribution >= 4 is 130 Å². The predicted molar refractivity (Wildman–Crippen MR) is 495 cm³/mol. The van der Waals surface area contributed by atoms with Crippen molar-refractivity contribution < 1.29 is 264 Å². The molecule has 0 spiro atoms. The van der Waals surface area contributed by atoms with Gasteiger partial charge in [-0.1, -0.05) is 105 Å². The molecule has 3 atom stereocenters. The molecule has 36 nitrogen and oxygen atoms in total. The van der Waals surface area contributed by atoms with Crippen LogP contribution in [0.15, 0.2) is 107 Å². The molecule has 6 aromatic rings. The number of aliphatic imine (C=N–C) groups is 3. The molecule has 136 heavy (non-hydrogen) atoms. The van der Waals surface area contributed by atoms with Crippen LogP contribution < -0.4 is 158 Å². The molecule has 3 aliphatic heterocycles. The van der Waals surface area contributed by atoms with E-state index in [1.54, 1.807) is 41.5 Å². The topological polar surface area (TPSA) is 479 Å². The summed E-state index contributed by atoms with van der Waals surface area (Å²) in [6, 6.07) is 12.8. The second kappa shape index (κ2) is 55.1. The molecule has 0 aliphatic carbocycles. The first kappa shape index (κ1) is 123. The molecule has 50 heteroatoms. The summed E-state index contributed by atoms with van der Waals surface area (Å²) >= 11 is 5.73. The number of hydrogen-bond acceptors (Lipinski definition) is 31. The second-order valence-corrected chi connectivity index (χ2v) is 51.8. The van der Waals surface area contributed by atoms with E-state index in [4.69, 9.17) is 76.2 Å². The third-order valence-electron chi connectivity index (χ3n) is 18.2. The van der Waals surface area contributed by atoms with Gasteiger partial charge in [0.15, 0.2) is 30.7 Å². The Morgan fingerprint density at radius 2 is 0.824 bits per heavy atom. The maximum absolute atomic E-state index is 15.5. The van der Waals surface area contributed by atoms with Crippen LogP contribution in [-0.4, -0.2) is 267 Å². The summed E-state index contributed by atoms with van der Waals surface area (Å²) in [6.07, 6.45) is 8.58. The van der Waals surface area contributed by atoms with Crippen LogP contribution in [0.3, 0.4) is 0 Å². The third-order valence-corrected chi connectivity index (χ3v) is 27.6. The van der Waals surface area contributed by atoms with Crippen molar-refractivity contribution in [3.05, 3.63) is 165 Å². The summed E-state index contributed by atoms with van der Waals surface area (Å²) in [7, 11) is -11.3. The van der Waals surface area contributed by atoms with Crippen LogP contribution in [0.5, 0.6) is 11.8 Å². The number of benzene rings is 3. The minimum Gasteiger partial charge on any atom is -1.00 e. The number of aromatic nitrogens is 6. The Hall–Kier alpha value is -7.40. The van der Waals surface area contributed by atoms with Crippen LogP contribution in [0.25, 0.3) is 35.7 Å². The third kappa shape index (κ3) is 39.6. The number of halogens is 7. The number of ether oxygens (including phenoxy) is 6. The van der Waals surface area contributed by atoms with Crippen LogP contribution in [0.4, 0.5) is 35.9 Å². The zero-order valence-corrected chi connectivity index (χ0v) is 96.8. The van der Waals surface area contributed by atoms with Gasteiger partial charge in [-0.3, -0.25) is 4.79 Å². The van der Waals surface area contributed by atoms with Gasteiger partial charge in [0.1, 0.15) is 107 Å². The minimum absolute atomic E-state index is 0. The fourth-order valence-corrected chi connectivity index (χ4v) is 17.6. The average molecular weight is 2260 g/mol. The molecule has 3 aromatic carbocycles. The molecular formula is C86H110ClCs2F6N15O21S3Si2. The predicted octanol–water partition coefficient (Wildman–Crippen LogP) is 3.78. The van der Waals surface area contributed by atoms with Gasteiger partial charge in [0.2, 0.25) is 59.7 Å². The van der Waals surface area contributed by atoms with E-state index >= 15 is 13.2 Å². The number of nitrogens with zero attached hydrogens (tertiary/aromatic N) is 14. The van der Waals surface area contributed by atoms with Crippen molar-refractivity contribution in [1.29, 1.82) is 0 Å². The van der Waals surface area contributed by atoms with Crippen LogP contribution in [0.2, 0.25) is 56.5 Å². The first-order valence-corrected chi connectivity index (χ1v) is 53.0. The zero-order chi connectivity index (χ0) is 101. The van der Waals surface area contributed by atoms with Gasteiger partial charge in [-0.15, -0.1) is 0 Å². The van der Waals surface area contributed by atoms with Crippen molar-refractivity contribution in [2.45, 2.75) is 142 Å². The molecule has 3 aromatic heterocycles. The fraction of sp³-hybridized carbons (Fsp3) is 0.442. The summed E-state index contributed by atoms with van der Waals surface area (Å²) in [5.41, 5.74) is -0.969. The van der Waals surface area contributed by atoms with E-state index in [1.807, 2.05) is 0 Å². The normalized spacial score (nSPS) is 17.7. The second-order valence-electron chi connectivity index (χ2n) is 34.2. The van der Waals surface area contributed by atoms with Crippen molar-refractivity contribution in [3.63, 3.8) is 0 Å². The molecule has 0 bridgehead atoms. The van der Waals surface area contributed by atoms with Gasteiger partial charge in [-0.05, 0) is 146 Å². The number of sulfonamides is 3. The summed E-state index contributed by atoms with van der Waals surface area (Å²) in [6.45, 7) is 26.1. The van der Waals surface area contributed by atoms with Crippen molar-refractivity contribution in [1.82, 2.24) is 52.6 Å². The molecular weight excluding hydrogens is 2150 g/mol. The molecule has 3 aliphatic rings. The van der Waals surface area contributed by atoms with Gasteiger partial charge in [-0.25, -0.2) is 129 Å². The molecule has 0 saturated carbocycles. The fourth-order valence-electron chi connectivity index (χ4n) is 11.5. The van der Waals surface area contributed by atoms with Gasteiger partial charge in [0, 0.05) is 67.2 Å². The number of guanidine groups is 3. The molecule has 2 amide bonds. The minimum atomic E-state index is -4.16. The molecule has 6 N–H and O–H groups in total. The largest absolute Gasteiger partial charge is 1.00 e. The van der Waals surface area contributed by atoms with Crippen LogP contribution in [-0.2, 0) is 75.3 Å². The van der Waals surface area contributed by atoms with Crippen LogP contribution in [0.1, 0.15) is 114 Å². The van der Waals surface area contributed by atoms with E-state index in [0.29, 0.717) is 13.2 Å². The number of aliphatic hydroxyl groups is 4. The molecule has 732 valence electrons. The van der Waals surface area contributed by atoms with Crippen molar-refractivity contribution in [3.8, 4) is 47.3 Å². The first-order valence-electron chi connectivity index (χ1n) is 40.4. The number of nitrogens with two attached hydrogens (primary N) is 1. The molecule has 0 radical (unpaired) electrons. The number of aliphatic hydroxyl groups excluding tert-OH is 4. The SMILES string of the molecule is CN1C(N(COCC[Si](C)(C)C)C(=O)OC(C)(C)C)=N[C@](C)(c2cc(/C=C(\F)c3cnc(Cl)cn3)ccc2F)CS1(=O)=O.CN1C(N(COCC[Si](C)(C)C)C(=O)OC(C)(C)C)=N[C@](C)(c2cc(/C=C(\F)c3cnc(OCC#CCO)cn3)ccc2F)CS1(=O)=O.CN1C(N)=N[C@](C)(c2cc(/C=C(\F)c3cnc(OCC#CCO)cn3)ccc2F)CS1(=O)=O.O=CO[O-].OCC#CCO.[Cs+].[Cs+].[H-]. The quantitative estimate of drug-likeness (QED) is 0.00841. The van der Waals surface area contributed by atoms with E-state index in [0.717, 1.165) is 89.8 Å². The Balaban J connectivity index is 0.000000661. The molecule has 0 saturated heterocycles. The summed E-state index contributed by atoms with van der Waals surface area (Å²) in [5, 5.41) is 41.6. The smallest absolute Gasteiger partial charge is 1.00 e. The Kier molecular flexibility index (Phi) is 49.8. The molecule has 6 heterocycles.